The van der Waals surface area contributed by atoms with Crippen LogP contribution >= 0.6 is 7.82 Å². The Labute approximate surface area is 368 Å². The molecule has 0 saturated carbocycles. The third-order valence-electron chi connectivity index (χ3n) is 12.1. The van der Waals surface area contributed by atoms with Gasteiger partial charge in [0.1, 0.15) is 13.2 Å². The molecule has 0 aromatic rings. The number of quaternary nitrogens is 1. The number of phosphoric ester groups is 1. The van der Waals surface area contributed by atoms with Gasteiger partial charge in [-0.15, -0.1) is 0 Å². The molecule has 354 valence electrons. The Balaban J connectivity index is 4.08. The Hall–Kier alpha value is -0.500. The number of nitrogens with zero attached hydrogens (tertiary/aromatic N) is 1. The summed E-state index contributed by atoms with van der Waals surface area (Å²) in [4.78, 5) is 25.4. The van der Waals surface area contributed by atoms with Gasteiger partial charge in [-0.05, 0) is 12.8 Å². The first kappa shape index (κ1) is 58.5. The minimum Gasteiger partial charge on any atom is -0.756 e. The van der Waals surface area contributed by atoms with Crippen molar-refractivity contribution in [3.63, 3.8) is 0 Å². The van der Waals surface area contributed by atoms with Crippen molar-refractivity contribution < 1.29 is 32.9 Å². The number of carbonyl (C=O) groups excluding carboxylic acids is 1. The van der Waals surface area contributed by atoms with Crippen LogP contribution in [0.4, 0.5) is 0 Å². The number of amides is 1. The molecule has 0 aliphatic rings. The molecule has 8 nitrogen and oxygen atoms in total. The van der Waals surface area contributed by atoms with Gasteiger partial charge in [0, 0.05) is 6.42 Å². The molecule has 0 saturated heterocycles. The highest BCUT2D eigenvalue weighted by Gasteiger charge is 2.24. The van der Waals surface area contributed by atoms with Gasteiger partial charge in [0.25, 0.3) is 7.82 Å². The van der Waals surface area contributed by atoms with E-state index in [1.807, 2.05) is 21.1 Å². The lowest BCUT2D eigenvalue weighted by molar-refractivity contribution is -0.870. The Kier molecular flexibility index (Phi) is 42.4. The van der Waals surface area contributed by atoms with E-state index in [4.69, 9.17) is 9.05 Å². The number of phosphoric acid groups is 1. The molecule has 0 heterocycles. The number of nitrogens with one attached hydrogen (secondary N) is 1. The van der Waals surface area contributed by atoms with Crippen molar-refractivity contribution in [1.82, 2.24) is 5.32 Å². The van der Waals surface area contributed by atoms with Crippen LogP contribution in [-0.4, -0.2) is 68.5 Å². The second kappa shape index (κ2) is 42.8. The van der Waals surface area contributed by atoms with Crippen LogP contribution in [0.3, 0.4) is 0 Å². The van der Waals surface area contributed by atoms with E-state index in [2.05, 4.69) is 19.2 Å². The normalized spacial score (nSPS) is 14.1. The lowest BCUT2D eigenvalue weighted by Crippen LogP contribution is -2.46. The molecular formula is C50H103N2O6P. The molecule has 0 radical (unpaired) electrons. The summed E-state index contributed by atoms with van der Waals surface area (Å²) in [5, 5.41) is 13.9. The van der Waals surface area contributed by atoms with E-state index in [0.29, 0.717) is 23.9 Å². The minimum atomic E-state index is -4.56. The maximum atomic E-state index is 12.9. The zero-order valence-corrected chi connectivity index (χ0v) is 41.1. The van der Waals surface area contributed by atoms with E-state index in [9.17, 15) is 19.4 Å². The quantitative estimate of drug-likeness (QED) is 0.0358. The molecule has 2 N–H and O–H groups in total. The van der Waals surface area contributed by atoms with Gasteiger partial charge in [-0.3, -0.25) is 9.36 Å². The van der Waals surface area contributed by atoms with Gasteiger partial charge >= 0.3 is 0 Å². The van der Waals surface area contributed by atoms with Gasteiger partial charge in [0.05, 0.1) is 39.9 Å². The van der Waals surface area contributed by atoms with E-state index in [1.54, 1.807) is 0 Å². The van der Waals surface area contributed by atoms with Crippen molar-refractivity contribution in [2.24, 2.45) is 0 Å². The fourth-order valence-electron chi connectivity index (χ4n) is 7.98. The summed E-state index contributed by atoms with van der Waals surface area (Å²) >= 11 is 0. The van der Waals surface area contributed by atoms with E-state index >= 15 is 0 Å². The molecule has 0 aromatic heterocycles. The highest BCUT2D eigenvalue weighted by atomic mass is 31.2. The Bertz CT molecular complexity index is 932. The fraction of sp³-hybridized carbons (Fsp3) is 0.980. The average molecular weight is 859 g/mol. The van der Waals surface area contributed by atoms with Crippen LogP contribution in [0.2, 0.25) is 0 Å². The summed E-state index contributed by atoms with van der Waals surface area (Å²) in [5.74, 6) is -0.159. The van der Waals surface area contributed by atoms with Crippen molar-refractivity contribution in [2.45, 2.75) is 276 Å². The molecule has 0 rings (SSSR count). The van der Waals surface area contributed by atoms with Crippen molar-refractivity contribution >= 4 is 13.7 Å². The molecule has 0 aliphatic carbocycles. The number of aliphatic hydroxyl groups excluding tert-OH is 1. The molecule has 0 aliphatic heterocycles. The molecular weight excluding hydrogens is 756 g/mol. The Morgan fingerprint density at radius 3 is 1.15 bits per heavy atom. The summed E-state index contributed by atoms with van der Waals surface area (Å²) < 4.78 is 23.3. The molecule has 3 unspecified atom stereocenters. The van der Waals surface area contributed by atoms with Gasteiger partial charge in [0.15, 0.2) is 0 Å². The maximum absolute atomic E-state index is 12.9. The molecule has 0 fully saturated rings. The third kappa shape index (κ3) is 45.3. The monoisotopic (exact) mass is 859 g/mol. The number of aliphatic hydroxyl groups is 1. The second-order valence-corrected chi connectivity index (χ2v) is 20.7. The molecule has 9 heteroatoms. The van der Waals surface area contributed by atoms with Crippen molar-refractivity contribution in [3.8, 4) is 0 Å². The van der Waals surface area contributed by atoms with E-state index in [-0.39, 0.29) is 19.1 Å². The lowest BCUT2D eigenvalue weighted by atomic mass is 10.0. The molecule has 59 heavy (non-hydrogen) atoms. The first-order chi connectivity index (χ1) is 28.5. The Morgan fingerprint density at radius 2 is 0.831 bits per heavy atom. The topological polar surface area (TPSA) is 108 Å². The first-order valence-electron chi connectivity index (χ1n) is 25.9. The standard InChI is InChI=1S/C50H103N2O6P/c1-6-8-10-12-14-16-18-20-21-22-23-24-25-26-27-28-29-30-31-32-34-36-38-40-42-44-50(54)51-48(47-58-59(55,56)57-46-45-52(3,4)5)49(53)43-41-39-37-35-33-19-17-15-13-11-9-7-2/h48-49,53H,6-47H2,1-5H3,(H-,51,54,55,56). The summed E-state index contributed by atoms with van der Waals surface area (Å²) in [6.45, 7) is 4.75. The van der Waals surface area contributed by atoms with Crippen LogP contribution < -0.4 is 10.2 Å². The van der Waals surface area contributed by atoms with Crippen LogP contribution in [0.15, 0.2) is 0 Å². The van der Waals surface area contributed by atoms with E-state index < -0.39 is 20.0 Å². The van der Waals surface area contributed by atoms with Crippen LogP contribution in [-0.2, 0) is 18.4 Å². The second-order valence-electron chi connectivity index (χ2n) is 19.2. The number of hydrogen-bond acceptors (Lipinski definition) is 6. The summed E-state index contributed by atoms with van der Waals surface area (Å²) in [6, 6.07) is -0.793. The maximum Gasteiger partial charge on any atom is 0.268 e. The van der Waals surface area contributed by atoms with Gasteiger partial charge in [-0.1, -0.05) is 245 Å². The van der Waals surface area contributed by atoms with Crippen LogP contribution in [0.1, 0.15) is 264 Å². The molecule has 0 bridgehead atoms. The van der Waals surface area contributed by atoms with Gasteiger partial charge in [-0.2, -0.15) is 0 Å². The molecule has 0 spiro atoms. The molecule has 1 amide bonds. The zero-order chi connectivity index (χ0) is 43.6. The number of carbonyl (C=O) groups is 1. The largest absolute Gasteiger partial charge is 0.756 e. The fourth-order valence-corrected chi connectivity index (χ4v) is 8.71. The predicted molar refractivity (Wildman–Crippen MR) is 252 cm³/mol. The summed E-state index contributed by atoms with van der Waals surface area (Å²) in [6.07, 6.45) is 48.4. The molecule has 3 atom stereocenters. The number of hydrogen-bond donors (Lipinski definition) is 2. The average Bonchev–Trinajstić information content (AvgIpc) is 3.19. The Morgan fingerprint density at radius 1 is 0.525 bits per heavy atom. The van der Waals surface area contributed by atoms with Gasteiger partial charge in [-0.25, -0.2) is 0 Å². The van der Waals surface area contributed by atoms with Crippen LogP contribution in [0, 0.1) is 0 Å². The third-order valence-corrected chi connectivity index (χ3v) is 13.1. The summed E-state index contributed by atoms with van der Waals surface area (Å²) in [7, 11) is 1.32. The van der Waals surface area contributed by atoms with Gasteiger partial charge in [0.2, 0.25) is 5.91 Å². The summed E-state index contributed by atoms with van der Waals surface area (Å²) in [5.41, 5.74) is 0. The zero-order valence-electron chi connectivity index (χ0n) is 40.2. The van der Waals surface area contributed by atoms with Crippen LogP contribution in [0.5, 0.6) is 0 Å². The SMILES string of the molecule is CCCCCCCCCCCCCCCCCCCCCCCCCCCC(=O)NC(COP(=O)([O-])OCC[N+](C)(C)C)C(O)CCCCCCCCCCCCCC. The predicted octanol–water partition coefficient (Wildman–Crippen LogP) is 14.3. The smallest absolute Gasteiger partial charge is 0.268 e. The highest BCUT2D eigenvalue weighted by molar-refractivity contribution is 7.45. The first-order valence-corrected chi connectivity index (χ1v) is 27.3. The van der Waals surface area contributed by atoms with E-state index in [0.717, 1.165) is 38.5 Å². The van der Waals surface area contributed by atoms with Crippen molar-refractivity contribution in [1.29, 1.82) is 0 Å². The van der Waals surface area contributed by atoms with Crippen LogP contribution in [0.25, 0.3) is 0 Å². The number of likely N-dealkylation sites (N-methyl/N-ethyl adjacent to an activating group) is 1. The highest BCUT2D eigenvalue weighted by Crippen LogP contribution is 2.38. The van der Waals surface area contributed by atoms with Crippen molar-refractivity contribution in [2.75, 3.05) is 40.9 Å². The molecule has 0 aromatic carbocycles. The van der Waals surface area contributed by atoms with Crippen molar-refractivity contribution in [3.05, 3.63) is 0 Å². The van der Waals surface area contributed by atoms with Gasteiger partial charge < -0.3 is 28.8 Å². The minimum absolute atomic E-state index is 0.0162. The number of rotatable bonds is 48. The van der Waals surface area contributed by atoms with E-state index in [1.165, 1.54) is 199 Å². The number of unbranched alkanes of at least 4 members (excludes halogenated alkanes) is 35. The lowest BCUT2D eigenvalue weighted by Gasteiger charge is -2.30.